The van der Waals surface area contributed by atoms with E-state index >= 15 is 0 Å². The van der Waals surface area contributed by atoms with Crippen molar-refractivity contribution >= 4 is 29.1 Å². The lowest BCUT2D eigenvalue weighted by Crippen LogP contribution is -2.04. The Labute approximate surface area is 156 Å². The summed E-state index contributed by atoms with van der Waals surface area (Å²) in [7, 11) is 1.34. The molecule has 7 nitrogen and oxygen atoms in total. The highest BCUT2D eigenvalue weighted by molar-refractivity contribution is 5.90. The lowest BCUT2D eigenvalue weighted by atomic mass is 10.2. The summed E-state index contributed by atoms with van der Waals surface area (Å²) in [5.41, 5.74) is 3.01. The molecule has 0 aliphatic rings. The second-order valence-corrected chi connectivity index (χ2v) is 5.70. The maximum absolute atomic E-state index is 11.7. The van der Waals surface area contributed by atoms with E-state index in [1.54, 1.807) is 42.5 Å². The Bertz CT molecular complexity index is 1030. The van der Waals surface area contributed by atoms with Gasteiger partial charge in [0, 0.05) is 17.4 Å². The van der Waals surface area contributed by atoms with Gasteiger partial charge in [0.2, 0.25) is 5.95 Å². The normalized spacial score (nSPS) is 9.96. The van der Waals surface area contributed by atoms with Crippen LogP contribution in [0.25, 0.3) is 0 Å². The maximum Gasteiger partial charge on any atom is 0.337 e. The fraction of sp³-hybridized carbons (Fsp3) is 0.100. The number of ether oxygens (including phenoxy) is 1. The lowest BCUT2D eigenvalue weighted by molar-refractivity contribution is 0.0601. The molecule has 0 aliphatic carbocycles. The number of nitrogens with zero attached hydrogens (tertiary/aromatic N) is 3. The molecule has 134 valence electrons. The second-order valence-electron chi connectivity index (χ2n) is 5.70. The number of carbonyl (C=O) groups excluding carboxylic acids is 1. The number of nitrogens with one attached hydrogen (secondary N) is 2. The van der Waals surface area contributed by atoms with Gasteiger partial charge in [-0.3, -0.25) is 0 Å². The number of hydrogen-bond acceptors (Lipinski definition) is 7. The first-order valence-electron chi connectivity index (χ1n) is 8.16. The Kier molecular flexibility index (Phi) is 5.28. The van der Waals surface area contributed by atoms with Crippen LogP contribution in [-0.2, 0) is 4.74 Å². The molecule has 1 heterocycles. The molecule has 3 aromatic rings. The minimum atomic E-state index is -0.409. The number of rotatable bonds is 5. The zero-order valence-corrected chi connectivity index (χ0v) is 14.9. The Balaban J connectivity index is 1.86. The van der Waals surface area contributed by atoms with E-state index in [4.69, 9.17) is 4.74 Å². The van der Waals surface area contributed by atoms with Crippen molar-refractivity contribution in [2.75, 3.05) is 17.7 Å². The van der Waals surface area contributed by atoms with Crippen molar-refractivity contribution in [2.45, 2.75) is 6.92 Å². The summed E-state index contributed by atoms with van der Waals surface area (Å²) in [6.07, 6.45) is 0. The number of benzene rings is 2. The third-order valence-corrected chi connectivity index (χ3v) is 3.70. The van der Waals surface area contributed by atoms with Crippen LogP contribution in [0.5, 0.6) is 0 Å². The third-order valence-electron chi connectivity index (χ3n) is 3.70. The Morgan fingerprint density at radius 1 is 1.07 bits per heavy atom. The summed E-state index contributed by atoms with van der Waals surface area (Å²) in [6, 6.07) is 18.0. The van der Waals surface area contributed by atoms with Gasteiger partial charge >= 0.3 is 5.97 Å². The fourth-order valence-corrected chi connectivity index (χ4v) is 2.49. The van der Waals surface area contributed by atoms with Gasteiger partial charge in [-0.25, -0.2) is 9.78 Å². The van der Waals surface area contributed by atoms with Gasteiger partial charge in [-0.15, -0.1) is 0 Å². The summed E-state index contributed by atoms with van der Waals surface area (Å²) in [5.74, 6) is 0.513. The maximum atomic E-state index is 11.7. The van der Waals surface area contributed by atoms with Gasteiger partial charge in [0.05, 0.1) is 23.9 Å². The lowest BCUT2D eigenvalue weighted by Gasteiger charge is -2.11. The van der Waals surface area contributed by atoms with Crippen LogP contribution in [0.1, 0.15) is 21.6 Å². The number of aromatic nitrogens is 2. The summed E-state index contributed by atoms with van der Waals surface area (Å²) < 4.78 is 4.74. The van der Waals surface area contributed by atoms with Crippen LogP contribution >= 0.6 is 0 Å². The van der Waals surface area contributed by atoms with Crippen molar-refractivity contribution < 1.29 is 9.53 Å². The van der Waals surface area contributed by atoms with E-state index in [0.717, 1.165) is 5.69 Å². The predicted octanol–water partition coefficient (Wildman–Crippen LogP) is 3.93. The van der Waals surface area contributed by atoms with E-state index in [0.29, 0.717) is 34.3 Å². The van der Waals surface area contributed by atoms with Crippen LogP contribution in [0.15, 0.2) is 54.6 Å². The summed E-state index contributed by atoms with van der Waals surface area (Å²) in [6.45, 7) is 1.85. The molecule has 0 aliphatic heterocycles. The number of aryl methyl sites for hydroxylation is 1. The highest BCUT2D eigenvalue weighted by Gasteiger charge is 2.08. The molecule has 1 aromatic heterocycles. The third kappa shape index (κ3) is 4.38. The number of methoxy groups -OCH3 is 1. The summed E-state index contributed by atoms with van der Waals surface area (Å²) >= 11 is 0. The van der Waals surface area contributed by atoms with Gasteiger partial charge in [-0.2, -0.15) is 10.2 Å². The molecule has 2 aromatic carbocycles. The van der Waals surface area contributed by atoms with Crippen molar-refractivity contribution in [3.8, 4) is 6.07 Å². The Morgan fingerprint density at radius 2 is 1.89 bits per heavy atom. The van der Waals surface area contributed by atoms with Crippen LogP contribution in [0.2, 0.25) is 0 Å². The van der Waals surface area contributed by atoms with Crippen molar-refractivity contribution in [3.63, 3.8) is 0 Å². The molecule has 3 rings (SSSR count). The smallest absolute Gasteiger partial charge is 0.337 e. The topological polar surface area (TPSA) is 99.9 Å². The molecule has 0 bridgehead atoms. The van der Waals surface area contributed by atoms with E-state index in [1.165, 1.54) is 7.11 Å². The zero-order valence-electron chi connectivity index (χ0n) is 14.9. The molecule has 0 saturated carbocycles. The van der Waals surface area contributed by atoms with E-state index in [1.807, 2.05) is 19.1 Å². The first-order valence-corrected chi connectivity index (χ1v) is 8.16. The summed E-state index contributed by atoms with van der Waals surface area (Å²) in [5, 5.41) is 15.4. The highest BCUT2D eigenvalue weighted by Crippen LogP contribution is 2.22. The largest absolute Gasteiger partial charge is 0.465 e. The van der Waals surface area contributed by atoms with Gasteiger partial charge in [0.25, 0.3) is 0 Å². The zero-order chi connectivity index (χ0) is 19.2. The number of nitriles is 1. The van der Waals surface area contributed by atoms with Crippen LogP contribution in [0.3, 0.4) is 0 Å². The molecular formula is C20H17N5O2. The Hall–Kier alpha value is -3.92. The quantitative estimate of drug-likeness (QED) is 0.666. The van der Waals surface area contributed by atoms with E-state index in [9.17, 15) is 10.1 Å². The van der Waals surface area contributed by atoms with Gasteiger partial charge < -0.3 is 15.4 Å². The monoisotopic (exact) mass is 359 g/mol. The molecule has 0 saturated heterocycles. The fourth-order valence-electron chi connectivity index (χ4n) is 2.49. The number of esters is 1. The van der Waals surface area contributed by atoms with E-state index < -0.39 is 5.97 Å². The van der Waals surface area contributed by atoms with Crippen molar-refractivity contribution in [2.24, 2.45) is 0 Å². The number of anilines is 4. The van der Waals surface area contributed by atoms with Gasteiger partial charge in [-0.05, 0) is 37.3 Å². The standard InChI is InChI=1S/C20H17N5O2/c1-13-10-18(23-16-8-5-7-14(11-16)19(26)27-2)25-20(22-13)24-17-9-4-3-6-15(17)12-21/h3-11H,1-2H3,(H2,22,23,24,25). The molecule has 0 amide bonds. The van der Waals surface area contributed by atoms with Gasteiger partial charge in [-0.1, -0.05) is 18.2 Å². The minimum Gasteiger partial charge on any atom is -0.465 e. The number of carbonyl (C=O) groups is 1. The highest BCUT2D eigenvalue weighted by atomic mass is 16.5. The van der Waals surface area contributed by atoms with E-state index in [-0.39, 0.29) is 0 Å². The molecule has 0 spiro atoms. The average Bonchev–Trinajstić information content (AvgIpc) is 2.67. The Morgan fingerprint density at radius 3 is 2.67 bits per heavy atom. The van der Waals surface area contributed by atoms with Crippen LogP contribution in [0.4, 0.5) is 23.1 Å². The van der Waals surface area contributed by atoms with Crippen LogP contribution in [0, 0.1) is 18.3 Å². The average molecular weight is 359 g/mol. The van der Waals surface area contributed by atoms with Crippen LogP contribution < -0.4 is 10.6 Å². The molecule has 27 heavy (non-hydrogen) atoms. The first kappa shape index (κ1) is 17.9. The van der Waals surface area contributed by atoms with Crippen LogP contribution in [-0.4, -0.2) is 23.0 Å². The predicted molar refractivity (Wildman–Crippen MR) is 102 cm³/mol. The number of para-hydroxylation sites is 1. The van der Waals surface area contributed by atoms with Gasteiger partial charge in [0.1, 0.15) is 11.9 Å². The SMILES string of the molecule is COC(=O)c1cccc(Nc2cc(C)nc(Nc3ccccc3C#N)n2)c1. The molecule has 0 fully saturated rings. The van der Waals surface area contributed by atoms with Crippen molar-refractivity contribution in [1.29, 1.82) is 5.26 Å². The number of hydrogen-bond donors (Lipinski definition) is 2. The van der Waals surface area contributed by atoms with E-state index in [2.05, 4.69) is 26.7 Å². The van der Waals surface area contributed by atoms with Crippen molar-refractivity contribution in [1.82, 2.24) is 9.97 Å². The minimum absolute atomic E-state index is 0.365. The molecule has 0 radical (unpaired) electrons. The molecular weight excluding hydrogens is 342 g/mol. The molecule has 0 unspecified atom stereocenters. The first-order chi connectivity index (χ1) is 13.1. The molecule has 7 heteroatoms. The molecule has 2 N–H and O–H groups in total. The van der Waals surface area contributed by atoms with Gasteiger partial charge in [0.15, 0.2) is 0 Å². The molecule has 0 atom stereocenters. The second kappa shape index (κ2) is 7.97. The van der Waals surface area contributed by atoms with Crippen molar-refractivity contribution in [3.05, 3.63) is 71.4 Å². The summed E-state index contributed by atoms with van der Waals surface area (Å²) in [4.78, 5) is 20.5.